The molecule has 5 nitrogen and oxygen atoms in total. The zero-order valence-corrected chi connectivity index (χ0v) is 14.0. The standard InChI is InChI=1S/C17H14BrN3O2/c1-2-21-15(13-5-3-4-6-14(13)19-17(21)23)20-16(22)11-7-9-12(18)10-8-11/h3-10H,2H2,1H3,(H,19,23). The monoisotopic (exact) mass is 371 g/mol. The van der Waals surface area contributed by atoms with Crippen LogP contribution in [-0.2, 0) is 6.54 Å². The number of H-pyrrole nitrogens is 1. The van der Waals surface area contributed by atoms with Gasteiger partial charge in [0.15, 0.2) is 0 Å². The van der Waals surface area contributed by atoms with Crippen molar-refractivity contribution in [3.63, 3.8) is 0 Å². The average molecular weight is 372 g/mol. The number of aromatic amines is 1. The van der Waals surface area contributed by atoms with Crippen LogP contribution in [0.15, 0.2) is 62.8 Å². The molecular weight excluding hydrogens is 358 g/mol. The lowest BCUT2D eigenvalue weighted by atomic mass is 10.2. The van der Waals surface area contributed by atoms with Gasteiger partial charge in [0.25, 0.3) is 5.91 Å². The lowest BCUT2D eigenvalue weighted by Gasteiger charge is -2.06. The number of halogens is 1. The molecule has 0 aliphatic heterocycles. The average Bonchev–Trinajstić information content (AvgIpc) is 2.55. The minimum atomic E-state index is -0.379. The summed E-state index contributed by atoms with van der Waals surface area (Å²) in [5, 5.41) is 0.736. The van der Waals surface area contributed by atoms with Crippen molar-refractivity contribution in [2.24, 2.45) is 4.99 Å². The highest BCUT2D eigenvalue weighted by Crippen LogP contribution is 2.11. The molecule has 0 unspecified atom stereocenters. The zero-order valence-electron chi connectivity index (χ0n) is 12.4. The molecule has 6 heteroatoms. The molecule has 3 aromatic rings. The van der Waals surface area contributed by atoms with Crippen LogP contribution in [0.2, 0.25) is 0 Å². The molecule has 0 aliphatic carbocycles. The number of amides is 1. The summed E-state index contributed by atoms with van der Waals surface area (Å²) in [6.45, 7) is 2.26. The fraction of sp³-hybridized carbons (Fsp3) is 0.118. The molecule has 0 saturated heterocycles. The van der Waals surface area contributed by atoms with Gasteiger partial charge >= 0.3 is 5.69 Å². The van der Waals surface area contributed by atoms with E-state index in [-0.39, 0.29) is 11.6 Å². The van der Waals surface area contributed by atoms with Crippen LogP contribution >= 0.6 is 15.9 Å². The Bertz CT molecular complexity index is 1000. The molecule has 116 valence electrons. The van der Waals surface area contributed by atoms with E-state index >= 15 is 0 Å². The van der Waals surface area contributed by atoms with E-state index < -0.39 is 0 Å². The van der Waals surface area contributed by atoms with Crippen LogP contribution in [0, 0.1) is 0 Å². The second-order valence-electron chi connectivity index (χ2n) is 4.97. The number of nitrogens with one attached hydrogen (secondary N) is 1. The third kappa shape index (κ3) is 3.03. The highest BCUT2D eigenvalue weighted by atomic mass is 79.9. The summed E-state index contributed by atoms with van der Waals surface area (Å²) in [6, 6.07) is 14.3. The van der Waals surface area contributed by atoms with E-state index in [1.54, 1.807) is 30.3 Å². The molecule has 0 saturated carbocycles. The molecule has 0 atom stereocenters. The summed E-state index contributed by atoms with van der Waals surface area (Å²) in [6.07, 6.45) is 0. The largest absolute Gasteiger partial charge is 0.327 e. The molecule has 1 N–H and O–H groups in total. The second-order valence-corrected chi connectivity index (χ2v) is 5.88. The normalized spacial score (nSPS) is 11.8. The highest BCUT2D eigenvalue weighted by molar-refractivity contribution is 9.10. The van der Waals surface area contributed by atoms with Crippen LogP contribution in [0.5, 0.6) is 0 Å². The van der Waals surface area contributed by atoms with Crippen molar-refractivity contribution in [2.45, 2.75) is 13.5 Å². The third-order valence-corrected chi connectivity index (χ3v) is 4.05. The lowest BCUT2D eigenvalue weighted by Crippen LogP contribution is -2.36. The summed E-state index contributed by atoms with van der Waals surface area (Å²) in [7, 11) is 0. The summed E-state index contributed by atoms with van der Waals surface area (Å²) in [4.78, 5) is 31.6. The second kappa shape index (κ2) is 6.34. The predicted octanol–water partition coefficient (Wildman–Crippen LogP) is 2.85. The van der Waals surface area contributed by atoms with Crippen molar-refractivity contribution in [3.8, 4) is 0 Å². The number of rotatable bonds is 2. The topological polar surface area (TPSA) is 67.2 Å². The van der Waals surface area contributed by atoms with Gasteiger partial charge < -0.3 is 4.98 Å². The molecule has 0 aliphatic rings. The minimum absolute atomic E-state index is 0.284. The van der Waals surface area contributed by atoms with Crippen molar-refractivity contribution >= 4 is 32.7 Å². The third-order valence-electron chi connectivity index (χ3n) is 3.53. The fourth-order valence-corrected chi connectivity index (χ4v) is 2.64. The number of hydrogen-bond donors (Lipinski definition) is 1. The summed E-state index contributed by atoms with van der Waals surface area (Å²) in [5.74, 6) is -0.379. The molecule has 0 fully saturated rings. The first kappa shape index (κ1) is 15.4. The molecule has 1 heterocycles. The molecule has 3 rings (SSSR count). The molecule has 1 aromatic heterocycles. The SMILES string of the molecule is CCn1c(=O)[nH]c2ccccc2c1=NC(=O)c1ccc(Br)cc1. The van der Waals surface area contributed by atoms with Crippen LogP contribution < -0.4 is 11.2 Å². The summed E-state index contributed by atoms with van der Waals surface area (Å²) >= 11 is 3.33. The number of carbonyl (C=O) groups excluding carboxylic acids is 1. The Kier molecular flexibility index (Phi) is 4.25. The van der Waals surface area contributed by atoms with Gasteiger partial charge in [-0.1, -0.05) is 28.1 Å². The molecule has 2 aromatic carbocycles. The first-order valence-electron chi connectivity index (χ1n) is 7.16. The Morgan fingerprint density at radius 3 is 2.57 bits per heavy atom. The van der Waals surface area contributed by atoms with E-state index in [4.69, 9.17) is 0 Å². The van der Waals surface area contributed by atoms with E-state index in [1.807, 2.05) is 25.1 Å². The van der Waals surface area contributed by atoms with Gasteiger partial charge in [-0.3, -0.25) is 9.36 Å². The molecule has 0 spiro atoms. The van der Waals surface area contributed by atoms with Gasteiger partial charge in [0.2, 0.25) is 0 Å². The predicted molar refractivity (Wildman–Crippen MR) is 92.3 cm³/mol. The van der Waals surface area contributed by atoms with Crippen molar-refractivity contribution in [1.29, 1.82) is 0 Å². The quantitative estimate of drug-likeness (QED) is 0.752. The van der Waals surface area contributed by atoms with Gasteiger partial charge in [-0.15, -0.1) is 0 Å². The van der Waals surface area contributed by atoms with Crippen LogP contribution in [0.25, 0.3) is 10.9 Å². The van der Waals surface area contributed by atoms with Crippen molar-refractivity contribution in [1.82, 2.24) is 9.55 Å². The molecule has 1 amide bonds. The van der Waals surface area contributed by atoms with Crippen LogP contribution in [-0.4, -0.2) is 15.5 Å². The van der Waals surface area contributed by atoms with Crippen LogP contribution in [0.4, 0.5) is 0 Å². The molecule has 0 bridgehead atoms. The number of carbonyl (C=O) groups is 1. The lowest BCUT2D eigenvalue weighted by molar-refractivity contribution is 0.0997. The van der Waals surface area contributed by atoms with Gasteiger partial charge in [0, 0.05) is 22.0 Å². The minimum Gasteiger partial charge on any atom is -0.307 e. The van der Waals surface area contributed by atoms with E-state index in [0.29, 0.717) is 23.1 Å². The highest BCUT2D eigenvalue weighted by Gasteiger charge is 2.08. The Labute approximate surface area is 140 Å². The first-order chi connectivity index (χ1) is 11.1. The van der Waals surface area contributed by atoms with Gasteiger partial charge in [0.1, 0.15) is 5.49 Å². The maximum atomic E-state index is 12.4. The van der Waals surface area contributed by atoms with Crippen LogP contribution in [0.1, 0.15) is 17.3 Å². The van der Waals surface area contributed by atoms with Crippen molar-refractivity contribution in [2.75, 3.05) is 0 Å². The number of hydrogen-bond acceptors (Lipinski definition) is 2. The number of para-hydroxylation sites is 1. The van der Waals surface area contributed by atoms with Crippen molar-refractivity contribution in [3.05, 3.63) is 74.5 Å². The molecule has 23 heavy (non-hydrogen) atoms. The fourth-order valence-electron chi connectivity index (χ4n) is 2.38. The first-order valence-corrected chi connectivity index (χ1v) is 7.96. The van der Waals surface area contributed by atoms with Gasteiger partial charge in [-0.25, -0.2) is 4.79 Å². The van der Waals surface area contributed by atoms with E-state index in [0.717, 1.165) is 9.86 Å². The number of fused-ring (bicyclic) bond motifs is 1. The Morgan fingerprint density at radius 2 is 1.87 bits per heavy atom. The van der Waals surface area contributed by atoms with Gasteiger partial charge in [-0.05, 0) is 43.3 Å². The van der Waals surface area contributed by atoms with Gasteiger partial charge in [-0.2, -0.15) is 4.99 Å². The number of benzene rings is 2. The number of nitrogens with zero attached hydrogens (tertiary/aromatic N) is 2. The summed E-state index contributed by atoms with van der Waals surface area (Å²) in [5.41, 5.74) is 1.22. The maximum absolute atomic E-state index is 12.4. The van der Waals surface area contributed by atoms with Gasteiger partial charge in [0.05, 0.1) is 5.52 Å². The maximum Gasteiger partial charge on any atom is 0.327 e. The Morgan fingerprint density at radius 1 is 1.17 bits per heavy atom. The van der Waals surface area contributed by atoms with E-state index in [1.165, 1.54) is 4.57 Å². The molecular formula is C17H14BrN3O2. The Hall–Kier alpha value is -2.47. The van der Waals surface area contributed by atoms with Crippen LogP contribution in [0.3, 0.4) is 0 Å². The smallest absolute Gasteiger partial charge is 0.307 e. The van der Waals surface area contributed by atoms with E-state index in [2.05, 4.69) is 25.9 Å². The molecule has 0 radical (unpaired) electrons. The summed E-state index contributed by atoms with van der Waals surface area (Å²) < 4.78 is 2.35. The van der Waals surface area contributed by atoms with Crippen molar-refractivity contribution < 1.29 is 4.79 Å². The zero-order chi connectivity index (χ0) is 16.4. The number of aromatic nitrogens is 2. The van der Waals surface area contributed by atoms with E-state index in [9.17, 15) is 9.59 Å². The Balaban J connectivity index is 2.27.